The minimum absolute atomic E-state index is 0.237. The SMILES string of the molecule is COc1ccccc1Nc1nnc(SC[C@@H](O)COc2cc(C)cc(C)c2)s1. The van der Waals surface area contributed by atoms with E-state index in [4.69, 9.17) is 9.47 Å². The zero-order valence-electron chi connectivity index (χ0n) is 16.0. The fourth-order valence-electron chi connectivity index (χ4n) is 2.61. The third-order valence-corrected chi connectivity index (χ3v) is 5.91. The van der Waals surface area contributed by atoms with Crippen LogP contribution in [0.15, 0.2) is 46.8 Å². The first-order valence-electron chi connectivity index (χ1n) is 8.79. The molecule has 0 aliphatic rings. The van der Waals surface area contributed by atoms with Gasteiger partial charge >= 0.3 is 0 Å². The maximum absolute atomic E-state index is 10.2. The fourth-order valence-corrected chi connectivity index (χ4v) is 4.30. The van der Waals surface area contributed by atoms with E-state index in [1.54, 1.807) is 7.11 Å². The van der Waals surface area contributed by atoms with Gasteiger partial charge in [0, 0.05) is 5.75 Å². The number of aliphatic hydroxyl groups excluding tert-OH is 1. The molecule has 0 spiro atoms. The van der Waals surface area contributed by atoms with Crippen molar-refractivity contribution < 1.29 is 14.6 Å². The van der Waals surface area contributed by atoms with Crippen LogP contribution < -0.4 is 14.8 Å². The lowest BCUT2D eigenvalue weighted by atomic mass is 10.1. The van der Waals surface area contributed by atoms with Gasteiger partial charge in [-0.3, -0.25) is 0 Å². The first-order chi connectivity index (χ1) is 13.5. The average molecular weight is 418 g/mol. The molecule has 0 saturated heterocycles. The molecule has 8 heteroatoms. The lowest BCUT2D eigenvalue weighted by Crippen LogP contribution is -2.20. The van der Waals surface area contributed by atoms with E-state index in [0.29, 0.717) is 10.9 Å². The van der Waals surface area contributed by atoms with Gasteiger partial charge in [-0.2, -0.15) is 0 Å². The van der Waals surface area contributed by atoms with Crippen LogP contribution in [0.2, 0.25) is 0 Å². The summed E-state index contributed by atoms with van der Waals surface area (Å²) >= 11 is 2.88. The molecule has 28 heavy (non-hydrogen) atoms. The Bertz CT molecular complexity index is 897. The Balaban J connectivity index is 1.48. The van der Waals surface area contributed by atoms with E-state index in [2.05, 4.69) is 21.6 Å². The second kappa shape index (κ2) is 9.77. The van der Waals surface area contributed by atoms with Crippen LogP contribution in [0.5, 0.6) is 11.5 Å². The van der Waals surface area contributed by atoms with Gasteiger partial charge < -0.3 is 19.9 Å². The molecule has 0 bridgehead atoms. The number of rotatable bonds is 9. The summed E-state index contributed by atoms with van der Waals surface area (Å²) in [6, 6.07) is 13.7. The Kier molecular flexibility index (Phi) is 7.13. The quantitative estimate of drug-likeness (QED) is 0.499. The molecule has 0 aliphatic carbocycles. The molecule has 148 valence electrons. The smallest absolute Gasteiger partial charge is 0.210 e. The summed E-state index contributed by atoms with van der Waals surface area (Å²) in [5, 5.41) is 22.4. The predicted octanol–water partition coefficient (Wildman–Crippen LogP) is 4.44. The van der Waals surface area contributed by atoms with Crippen molar-refractivity contribution in [1.29, 1.82) is 0 Å². The highest BCUT2D eigenvalue weighted by Crippen LogP contribution is 2.31. The molecule has 3 aromatic rings. The molecular formula is C20H23N3O3S2. The molecule has 1 atom stereocenters. The highest BCUT2D eigenvalue weighted by Gasteiger charge is 2.11. The number of hydrogen-bond donors (Lipinski definition) is 2. The van der Waals surface area contributed by atoms with Crippen LogP contribution in [0.3, 0.4) is 0 Å². The van der Waals surface area contributed by atoms with E-state index in [0.717, 1.165) is 32.7 Å². The van der Waals surface area contributed by atoms with Crippen LogP contribution in [0.4, 0.5) is 10.8 Å². The highest BCUT2D eigenvalue weighted by molar-refractivity contribution is 8.01. The van der Waals surface area contributed by atoms with E-state index < -0.39 is 6.10 Å². The topological polar surface area (TPSA) is 76.5 Å². The van der Waals surface area contributed by atoms with Crippen LogP contribution in [-0.4, -0.2) is 40.9 Å². The summed E-state index contributed by atoms with van der Waals surface area (Å²) in [5.41, 5.74) is 3.12. The van der Waals surface area contributed by atoms with Crippen LogP contribution >= 0.6 is 23.1 Å². The molecule has 0 saturated carbocycles. The van der Waals surface area contributed by atoms with Gasteiger partial charge in [0.2, 0.25) is 5.13 Å². The molecular weight excluding hydrogens is 394 g/mol. The number of hydrogen-bond acceptors (Lipinski definition) is 8. The van der Waals surface area contributed by atoms with Gasteiger partial charge in [-0.15, -0.1) is 10.2 Å². The molecule has 1 heterocycles. The van der Waals surface area contributed by atoms with Crippen molar-refractivity contribution >= 4 is 33.9 Å². The van der Waals surface area contributed by atoms with E-state index in [9.17, 15) is 5.11 Å². The van der Waals surface area contributed by atoms with Crippen molar-refractivity contribution in [3.63, 3.8) is 0 Å². The van der Waals surface area contributed by atoms with E-state index in [1.165, 1.54) is 23.1 Å². The van der Waals surface area contributed by atoms with Gasteiger partial charge in [0.05, 0.1) is 18.9 Å². The van der Waals surface area contributed by atoms with Crippen molar-refractivity contribution in [2.75, 3.05) is 24.8 Å². The van der Waals surface area contributed by atoms with Gasteiger partial charge in [0.25, 0.3) is 0 Å². The van der Waals surface area contributed by atoms with Gasteiger partial charge in [0.15, 0.2) is 4.34 Å². The third kappa shape index (κ3) is 5.85. The molecule has 2 aromatic carbocycles. The van der Waals surface area contributed by atoms with Crippen LogP contribution in [0.25, 0.3) is 0 Å². The number of aliphatic hydroxyl groups is 1. The summed E-state index contributed by atoms with van der Waals surface area (Å²) < 4.78 is 11.8. The number of methoxy groups -OCH3 is 1. The Morgan fingerprint density at radius 2 is 1.89 bits per heavy atom. The third-order valence-electron chi connectivity index (χ3n) is 3.79. The number of nitrogens with zero attached hydrogens (tertiary/aromatic N) is 2. The zero-order valence-corrected chi connectivity index (χ0v) is 17.6. The minimum atomic E-state index is -0.597. The number of aromatic nitrogens is 2. The first-order valence-corrected chi connectivity index (χ1v) is 10.6. The Morgan fingerprint density at radius 3 is 2.64 bits per heavy atom. The maximum Gasteiger partial charge on any atom is 0.210 e. The molecule has 0 amide bonds. The van der Waals surface area contributed by atoms with Crippen molar-refractivity contribution in [2.24, 2.45) is 0 Å². The minimum Gasteiger partial charge on any atom is -0.495 e. The van der Waals surface area contributed by atoms with E-state index >= 15 is 0 Å². The Hall–Kier alpha value is -2.29. The van der Waals surface area contributed by atoms with Crippen molar-refractivity contribution in [3.05, 3.63) is 53.6 Å². The lowest BCUT2D eigenvalue weighted by molar-refractivity contribution is 0.126. The molecule has 0 fully saturated rings. The summed E-state index contributed by atoms with van der Waals surface area (Å²) in [7, 11) is 1.63. The van der Waals surface area contributed by atoms with E-state index in [-0.39, 0.29) is 6.61 Å². The maximum atomic E-state index is 10.2. The zero-order chi connectivity index (χ0) is 19.9. The molecule has 0 aliphatic heterocycles. The highest BCUT2D eigenvalue weighted by atomic mass is 32.2. The average Bonchev–Trinajstić information content (AvgIpc) is 3.12. The molecule has 6 nitrogen and oxygen atoms in total. The van der Waals surface area contributed by atoms with Crippen molar-refractivity contribution in [3.8, 4) is 11.5 Å². The van der Waals surface area contributed by atoms with Gasteiger partial charge in [0.1, 0.15) is 18.1 Å². The molecule has 3 rings (SSSR count). The number of thioether (sulfide) groups is 1. The predicted molar refractivity (Wildman–Crippen MR) is 114 cm³/mol. The summed E-state index contributed by atoms with van der Waals surface area (Å²) in [6.07, 6.45) is -0.597. The van der Waals surface area contributed by atoms with Crippen LogP contribution in [-0.2, 0) is 0 Å². The van der Waals surface area contributed by atoms with Gasteiger partial charge in [-0.1, -0.05) is 41.3 Å². The Morgan fingerprint density at radius 1 is 1.14 bits per heavy atom. The standard InChI is InChI=1S/C20H23N3O3S2/c1-13-8-14(2)10-16(9-13)26-11-15(24)12-27-20-23-22-19(28-20)21-17-6-4-5-7-18(17)25-3/h4-10,15,24H,11-12H2,1-3H3,(H,21,22)/t15-/m0/s1. The first kappa shape index (κ1) is 20.4. The second-order valence-electron chi connectivity index (χ2n) is 6.30. The van der Waals surface area contributed by atoms with Gasteiger partial charge in [-0.25, -0.2) is 0 Å². The number of nitrogens with one attached hydrogen (secondary N) is 1. The fraction of sp³-hybridized carbons (Fsp3) is 0.300. The van der Waals surface area contributed by atoms with Crippen molar-refractivity contribution in [2.45, 2.75) is 24.3 Å². The largest absolute Gasteiger partial charge is 0.495 e. The van der Waals surface area contributed by atoms with Crippen LogP contribution in [0.1, 0.15) is 11.1 Å². The number of aryl methyl sites for hydroxylation is 2. The number of anilines is 2. The summed E-state index contributed by atoms with van der Waals surface area (Å²) in [5.74, 6) is 2.00. The molecule has 1 aromatic heterocycles. The lowest BCUT2D eigenvalue weighted by Gasteiger charge is -2.12. The molecule has 0 unspecified atom stereocenters. The van der Waals surface area contributed by atoms with Crippen LogP contribution in [0, 0.1) is 13.8 Å². The second-order valence-corrected chi connectivity index (χ2v) is 8.54. The number of benzene rings is 2. The van der Waals surface area contributed by atoms with Crippen molar-refractivity contribution in [1.82, 2.24) is 10.2 Å². The summed E-state index contributed by atoms with van der Waals surface area (Å²) in [6.45, 7) is 4.29. The molecule has 2 N–H and O–H groups in total. The Labute approximate surface area is 172 Å². The number of ether oxygens (including phenoxy) is 2. The van der Waals surface area contributed by atoms with E-state index in [1.807, 2.05) is 50.2 Å². The molecule has 0 radical (unpaired) electrons. The monoisotopic (exact) mass is 417 g/mol. The number of para-hydroxylation sites is 2. The van der Waals surface area contributed by atoms with Gasteiger partial charge in [-0.05, 0) is 49.2 Å². The summed E-state index contributed by atoms with van der Waals surface area (Å²) in [4.78, 5) is 0. The normalized spacial score (nSPS) is 11.9.